The van der Waals surface area contributed by atoms with Gasteiger partial charge in [-0.25, -0.2) is 0 Å². The number of hydrogen-bond donors (Lipinski definition) is 0. The van der Waals surface area contributed by atoms with Crippen LogP contribution in [0.2, 0.25) is 0 Å². The van der Waals surface area contributed by atoms with Gasteiger partial charge in [-0.05, 0) is 41.7 Å². The molecule has 162 valence electrons. The first-order chi connectivity index (χ1) is 15.3. The Balaban J connectivity index is 1.63. The summed E-state index contributed by atoms with van der Waals surface area (Å²) in [6.07, 6.45) is 12.1. The Hall–Kier alpha value is -3.00. The summed E-state index contributed by atoms with van der Waals surface area (Å²) in [5.74, 6) is 1.66. The minimum Gasteiger partial charge on any atom is -0.489 e. The highest BCUT2D eigenvalue weighted by Gasteiger charge is 2.04. The van der Waals surface area contributed by atoms with Crippen molar-refractivity contribution in [3.8, 4) is 11.5 Å². The van der Waals surface area contributed by atoms with Gasteiger partial charge in [0.25, 0.3) is 0 Å². The minimum absolute atomic E-state index is 0.545. The largest absolute Gasteiger partial charge is 0.489 e. The van der Waals surface area contributed by atoms with E-state index < -0.39 is 0 Å². The van der Waals surface area contributed by atoms with Crippen LogP contribution in [0.3, 0.4) is 0 Å². The van der Waals surface area contributed by atoms with Gasteiger partial charge in [0.2, 0.25) is 0 Å². The molecule has 0 unspecified atom stereocenters. The van der Waals surface area contributed by atoms with Crippen molar-refractivity contribution >= 4 is 6.08 Å². The van der Waals surface area contributed by atoms with Crippen molar-refractivity contribution in [2.75, 3.05) is 0 Å². The number of benzene rings is 3. The van der Waals surface area contributed by atoms with E-state index in [1.54, 1.807) is 0 Å². The highest BCUT2D eigenvalue weighted by molar-refractivity contribution is 5.55. The standard InChI is InChI=1S/C29H34O2/c1-2-3-4-5-6-7-10-19-27-20-28(30-23-25-15-11-8-12-16-25)22-29(21-27)31-24-26-17-13-9-14-18-26/h8-22H,2-7,23-24H2,1H3/b19-10+. The zero-order valence-corrected chi connectivity index (χ0v) is 18.6. The molecular weight excluding hydrogens is 380 g/mol. The molecule has 3 aromatic carbocycles. The van der Waals surface area contributed by atoms with Crippen molar-refractivity contribution in [3.05, 3.63) is 102 Å². The Bertz CT molecular complexity index is 839. The predicted octanol–water partition coefficient (Wildman–Crippen LogP) is 8.22. The summed E-state index contributed by atoms with van der Waals surface area (Å²) in [5.41, 5.74) is 3.42. The van der Waals surface area contributed by atoms with Gasteiger partial charge >= 0.3 is 0 Å². The summed E-state index contributed by atoms with van der Waals surface area (Å²) in [4.78, 5) is 0. The van der Waals surface area contributed by atoms with Crippen molar-refractivity contribution in [2.45, 2.75) is 58.7 Å². The first-order valence-electron chi connectivity index (χ1n) is 11.5. The molecule has 0 N–H and O–H groups in total. The molecule has 2 heteroatoms. The molecule has 0 aliphatic rings. The normalized spacial score (nSPS) is 11.0. The van der Waals surface area contributed by atoms with Crippen LogP contribution in [-0.4, -0.2) is 0 Å². The Kier molecular flexibility index (Phi) is 9.75. The van der Waals surface area contributed by atoms with E-state index in [9.17, 15) is 0 Å². The molecular formula is C29H34O2. The van der Waals surface area contributed by atoms with Crippen molar-refractivity contribution < 1.29 is 9.47 Å². The summed E-state index contributed by atoms with van der Waals surface area (Å²) in [6.45, 7) is 3.34. The fourth-order valence-corrected chi connectivity index (χ4v) is 3.42. The van der Waals surface area contributed by atoms with E-state index in [-0.39, 0.29) is 0 Å². The molecule has 0 heterocycles. The molecule has 0 bridgehead atoms. The van der Waals surface area contributed by atoms with Crippen molar-refractivity contribution in [2.24, 2.45) is 0 Å². The summed E-state index contributed by atoms with van der Waals surface area (Å²) < 4.78 is 12.2. The first kappa shape index (κ1) is 22.7. The van der Waals surface area contributed by atoms with E-state index in [0.29, 0.717) is 13.2 Å². The lowest BCUT2D eigenvalue weighted by Gasteiger charge is -2.12. The molecule has 0 spiro atoms. The van der Waals surface area contributed by atoms with Crippen LogP contribution in [-0.2, 0) is 13.2 Å². The number of rotatable bonds is 13. The lowest BCUT2D eigenvalue weighted by molar-refractivity contribution is 0.290. The average Bonchev–Trinajstić information content (AvgIpc) is 2.82. The molecule has 3 rings (SSSR count). The van der Waals surface area contributed by atoms with Crippen LogP contribution < -0.4 is 9.47 Å². The third-order valence-electron chi connectivity index (χ3n) is 5.18. The van der Waals surface area contributed by atoms with Gasteiger partial charge in [-0.2, -0.15) is 0 Å². The number of hydrogen-bond acceptors (Lipinski definition) is 2. The summed E-state index contributed by atoms with van der Waals surface area (Å²) in [6, 6.07) is 26.7. The fourth-order valence-electron chi connectivity index (χ4n) is 3.42. The maximum atomic E-state index is 6.08. The number of allylic oxidation sites excluding steroid dienone is 1. The van der Waals surface area contributed by atoms with Gasteiger partial charge in [0, 0.05) is 6.07 Å². The smallest absolute Gasteiger partial charge is 0.124 e. The van der Waals surface area contributed by atoms with Crippen LogP contribution in [0.4, 0.5) is 0 Å². The van der Waals surface area contributed by atoms with Crippen LogP contribution in [0.25, 0.3) is 6.08 Å². The van der Waals surface area contributed by atoms with Gasteiger partial charge in [0.15, 0.2) is 0 Å². The number of ether oxygens (including phenoxy) is 2. The van der Waals surface area contributed by atoms with E-state index in [1.165, 1.54) is 32.1 Å². The maximum absolute atomic E-state index is 6.08. The van der Waals surface area contributed by atoms with Crippen molar-refractivity contribution in [1.82, 2.24) is 0 Å². The lowest BCUT2D eigenvalue weighted by atomic mass is 10.1. The summed E-state index contributed by atoms with van der Waals surface area (Å²) in [5, 5.41) is 0. The Morgan fingerprint density at radius 2 is 1.19 bits per heavy atom. The van der Waals surface area contributed by atoms with Gasteiger partial charge in [-0.15, -0.1) is 0 Å². The topological polar surface area (TPSA) is 18.5 Å². The van der Waals surface area contributed by atoms with Crippen LogP contribution >= 0.6 is 0 Å². The zero-order valence-electron chi connectivity index (χ0n) is 18.6. The molecule has 0 saturated heterocycles. The first-order valence-corrected chi connectivity index (χ1v) is 11.5. The zero-order chi connectivity index (χ0) is 21.6. The number of unbranched alkanes of at least 4 members (excludes halogenated alkanes) is 5. The Labute approximate surface area is 187 Å². The van der Waals surface area contributed by atoms with Crippen molar-refractivity contribution in [3.63, 3.8) is 0 Å². The SMILES string of the molecule is CCCCCCC/C=C/c1cc(OCc2ccccc2)cc(OCc2ccccc2)c1. The third-order valence-corrected chi connectivity index (χ3v) is 5.18. The van der Waals surface area contributed by atoms with Crippen LogP contribution in [0.15, 0.2) is 84.9 Å². The molecule has 0 aromatic heterocycles. The van der Waals surface area contributed by atoms with E-state index in [2.05, 4.69) is 55.5 Å². The van der Waals surface area contributed by atoms with Gasteiger partial charge in [0.1, 0.15) is 24.7 Å². The highest BCUT2D eigenvalue weighted by atomic mass is 16.5. The fraction of sp³-hybridized carbons (Fsp3) is 0.310. The molecule has 0 fully saturated rings. The summed E-state index contributed by atoms with van der Waals surface area (Å²) >= 11 is 0. The predicted molar refractivity (Wildman–Crippen MR) is 130 cm³/mol. The maximum Gasteiger partial charge on any atom is 0.124 e. The average molecular weight is 415 g/mol. The monoisotopic (exact) mass is 414 g/mol. The molecule has 3 aromatic rings. The lowest BCUT2D eigenvalue weighted by Crippen LogP contribution is -1.98. The van der Waals surface area contributed by atoms with Gasteiger partial charge in [0.05, 0.1) is 0 Å². The quantitative estimate of drug-likeness (QED) is 0.262. The second kappa shape index (κ2) is 13.3. The Morgan fingerprint density at radius 3 is 1.74 bits per heavy atom. The molecule has 31 heavy (non-hydrogen) atoms. The molecule has 0 aliphatic heterocycles. The van der Waals surface area contributed by atoms with Gasteiger partial charge in [-0.1, -0.05) is 105 Å². The molecule has 0 saturated carbocycles. The van der Waals surface area contributed by atoms with Gasteiger partial charge in [-0.3, -0.25) is 0 Å². The van der Waals surface area contributed by atoms with Crippen molar-refractivity contribution in [1.29, 1.82) is 0 Å². The molecule has 0 atom stereocenters. The van der Waals surface area contributed by atoms with E-state index in [0.717, 1.165) is 34.6 Å². The molecule has 0 aliphatic carbocycles. The molecule has 0 amide bonds. The molecule has 0 radical (unpaired) electrons. The minimum atomic E-state index is 0.545. The van der Waals surface area contributed by atoms with Crippen LogP contribution in [0.5, 0.6) is 11.5 Å². The second-order valence-electron chi connectivity index (χ2n) is 7.89. The highest BCUT2D eigenvalue weighted by Crippen LogP contribution is 2.26. The summed E-state index contributed by atoms with van der Waals surface area (Å²) in [7, 11) is 0. The van der Waals surface area contributed by atoms with E-state index in [1.807, 2.05) is 42.5 Å². The van der Waals surface area contributed by atoms with Crippen LogP contribution in [0.1, 0.15) is 62.1 Å². The third kappa shape index (κ3) is 8.72. The molecule has 2 nitrogen and oxygen atoms in total. The van der Waals surface area contributed by atoms with Crippen LogP contribution in [0, 0.1) is 0 Å². The Morgan fingerprint density at radius 1 is 0.645 bits per heavy atom. The second-order valence-corrected chi connectivity index (χ2v) is 7.89. The van der Waals surface area contributed by atoms with E-state index >= 15 is 0 Å². The van der Waals surface area contributed by atoms with Gasteiger partial charge < -0.3 is 9.47 Å². The van der Waals surface area contributed by atoms with E-state index in [4.69, 9.17) is 9.47 Å².